The first-order chi connectivity index (χ1) is 13.9. The zero-order valence-corrected chi connectivity index (χ0v) is 16.4. The van der Waals surface area contributed by atoms with Gasteiger partial charge >= 0.3 is 6.01 Å². The van der Waals surface area contributed by atoms with Crippen LogP contribution in [-0.2, 0) is 27.7 Å². The van der Waals surface area contributed by atoms with Crippen molar-refractivity contribution in [2.24, 2.45) is 0 Å². The Kier molecular flexibility index (Phi) is 4.28. The number of amides is 1. The van der Waals surface area contributed by atoms with Gasteiger partial charge in [-0.05, 0) is 42.5 Å². The maximum atomic E-state index is 13.2. The average molecular weight is 418 g/mol. The number of sulfonamides is 1. The van der Waals surface area contributed by atoms with Crippen molar-refractivity contribution in [3.63, 3.8) is 0 Å². The topological polar surface area (TPSA) is 92.7 Å². The predicted octanol–water partition coefficient (Wildman–Crippen LogP) is 1.29. The van der Waals surface area contributed by atoms with Gasteiger partial charge < -0.3 is 9.64 Å². The number of hydrogen-bond acceptors (Lipinski definition) is 6. The van der Waals surface area contributed by atoms with Crippen molar-refractivity contribution in [1.82, 2.24) is 14.3 Å². The molecule has 1 amide bonds. The molecule has 0 aliphatic carbocycles. The van der Waals surface area contributed by atoms with E-state index in [0.29, 0.717) is 38.8 Å². The lowest BCUT2D eigenvalue weighted by Crippen LogP contribution is -2.33. The Balaban J connectivity index is 1.37. The Labute approximate surface area is 167 Å². The molecule has 5 rings (SSSR count). The van der Waals surface area contributed by atoms with E-state index in [-0.39, 0.29) is 23.4 Å². The van der Waals surface area contributed by atoms with Gasteiger partial charge in [0.15, 0.2) is 5.82 Å². The van der Waals surface area contributed by atoms with Gasteiger partial charge in [-0.25, -0.2) is 22.8 Å². The van der Waals surface area contributed by atoms with Crippen LogP contribution in [0.4, 0.5) is 10.1 Å². The molecule has 0 bridgehead atoms. The summed E-state index contributed by atoms with van der Waals surface area (Å²) in [5.74, 6) is -0.455. The molecule has 2 aromatic rings. The normalized spacial score (nSPS) is 21.5. The molecule has 1 atom stereocenters. The first-order valence-corrected chi connectivity index (χ1v) is 11.0. The third-order valence-electron chi connectivity index (χ3n) is 5.64. The van der Waals surface area contributed by atoms with Crippen LogP contribution in [0.3, 0.4) is 0 Å². The molecular formula is C19H19FN4O4S. The van der Waals surface area contributed by atoms with E-state index in [4.69, 9.17) is 4.74 Å². The summed E-state index contributed by atoms with van der Waals surface area (Å²) in [6, 6.07) is 3.43. The number of ether oxygens (including phenoxy) is 1. The van der Waals surface area contributed by atoms with Crippen LogP contribution in [0.25, 0.3) is 0 Å². The maximum absolute atomic E-state index is 13.2. The van der Waals surface area contributed by atoms with Gasteiger partial charge in [-0.1, -0.05) is 0 Å². The highest BCUT2D eigenvalue weighted by atomic mass is 32.2. The van der Waals surface area contributed by atoms with Crippen molar-refractivity contribution in [2.75, 3.05) is 24.5 Å². The number of carbonyl (C=O) groups excluding carboxylic acids is 1. The van der Waals surface area contributed by atoms with Crippen molar-refractivity contribution in [3.05, 3.63) is 41.5 Å². The van der Waals surface area contributed by atoms with Crippen LogP contribution in [0.2, 0.25) is 0 Å². The van der Waals surface area contributed by atoms with E-state index in [1.165, 1.54) is 4.31 Å². The molecule has 0 spiro atoms. The minimum Gasteiger partial charge on any atom is -0.459 e. The molecule has 1 aromatic carbocycles. The minimum atomic E-state index is -3.68. The van der Waals surface area contributed by atoms with Gasteiger partial charge in [0.2, 0.25) is 15.9 Å². The van der Waals surface area contributed by atoms with E-state index in [1.54, 1.807) is 17.0 Å². The number of rotatable bonds is 4. The van der Waals surface area contributed by atoms with Crippen molar-refractivity contribution < 1.29 is 22.3 Å². The summed E-state index contributed by atoms with van der Waals surface area (Å²) in [4.78, 5) is 21.6. The highest BCUT2D eigenvalue weighted by Crippen LogP contribution is 2.39. The monoisotopic (exact) mass is 418 g/mol. The summed E-state index contributed by atoms with van der Waals surface area (Å²) in [6.07, 6.45) is 3.77. The van der Waals surface area contributed by atoms with Crippen LogP contribution < -0.4 is 9.64 Å². The molecule has 0 radical (unpaired) electrons. The molecule has 1 fully saturated rings. The van der Waals surface area contributed by atoms with E-state index < -0.39 is 21.9 Å². The first-order valence-electron chi connectivity index (χ1n) is 9.52. The number of aryl methyl sites for hydroxylation is 1. The lowest BCUT2D eigenvalue weighted by atomic mass is 10.00. The van der Waals surface area contributed by atoms with E-state index in [2.05, 4.69) is 9.97 Å². The highest BCUT2D eigenvalue weighted by Gasteiger charge is 2.37. The Morgan fingerprint density at radius 2 is 1.79 bits per heavy atom. The molecule has 0 N–H and O–H groups in total. The van der Waals surface area contributed by atoms with Crippen LogP contribution in [0.5, 0.6) is 6.01 Å². The number of benzene rings is 1. The summed E-state index contributed by atoms with van der Waals surface area (Å²) < 4.78 is 46.4. The lowest BCUT2D eigenvalue weighted by Gasteiger charge is -2.26. The Morgan fingerprint density at radius 1 is 1.07 bits per heavy atom. The number of halogens is 1. The summed E-state index contributed by atoms with van der Waals surface area (Å²) in [5, 5.41) is 0. The molecule has 0 unspecified atom stereocenters. The molecule has 8 nitrogen and oxygen atoms in total. The third-order valence-corrected chi connectivity index (χ3v) is 7.48. The second-order valence-corrected chi connectivity index (χ2v) is 9.40. The largest absolute Gasteiger partial charge is 0.459 e. The molecule has 10 heteroatoms. The van der Waals surface area contributed by atoms with Crippen LogP contribution in [-0.4, -0.2) is 54.3 Å². The van der Waals surface area contributed by atoms with Crippen molar-refractivity contribution >= 4 is 21.6 Å². The van der Waals surface area contributed by atoms with E-state index >= 15 is 0 Å². The zero-order chi connectivity index (χ0) is 20.2. The lowest BCUT2D eigenvalue weighted by molar-refractivity contribution is -0.118. The Hall–Kier alpha value is -2.59. The SMILES string of the molecule is O=C1CCc2cc(S(=O)(=O)N3CC[C@@H](Oc4ncc(F)cn4)C3)cc3c2N1CC3. The highest BCUT2D eigenvalue weighted by molar-refractivity contribution is 7.89. The summed E-state index contributed by atoms with van der Waals surface area (Å²) in [6.45, 7) is 1.12. The van der Waals surface area contributed by atoms with Crippen LogP contribution in [0.15, 0.2) is 29.4 Å². The number of hydrogen-bond donors (Lipinski definition) is 0. The number of anilines is 1. The fraction of sp³-hybridized carbons (Fsp3) is 0.421. The molecule has 3 aliphatic rings. The molecule has 4 heterocycles. The fourth-order valence-electron chi connectivity index (χ4n) is 4.25. The maximum Gasteiger partial charge on any atom is 0.316 e. The standard InChI is InChI=1S/C19H19FN4O4S/c20-14-9-21-19(22-10-14)28-15-4-5-23(11-15)29(26,27)16-7-12-1-2-17(25)24-6-3-13(8-16)18(12)24/h7-10,15H,1-6,11H2/t15-/m1/s1. The molecule has 0 saturated carbocycles. The van der Waals surface area contributed by atoms with Gasteiger partial charge in [0.05, 0.1) is 29.5 Å². The van der Waals surface area contributed by atoms with Crippen LogP contribution in [0.1, 0.15) is 24.0 Å². The quantitative estimate of drug-likeness (QED) is 0.743. The molecule has 1 aromatic heterocycles. The summed E-state index contributed by atoms with van der Waals surface area (Å²) in [5.41, 5.74) is 2.74. The van der Waals surface area contributed by atoms with Gasteiger partial charge in [-0.15, -0.1) is 0 Å². The second kappa shape index (κ2) is 6.74. The van der Waals surface area contributed by atoms with Crippen molar-refractivity contribution in [2.45, 2.75) is 36.7 Å². The average Bonchev–Trinajstić information content (AvgIpc) is 3.35. The third kappa shape index (κ3) is 3.16. The number of aromatic nitrogens is 2. The van der Waals surface area contributed by atoms with Crippen LogP contribution >= 0.6 is 0 Å². The summed E-state index contributed by atoms with van der Waals surface area (Å²) in [7, 11) is -3.68. The fourth-order valence-corrected chi connectivity index (χ4v) is 5.84. The van der Waals surface area contributed by atoms with Gasteiger partial charge in [-0.3, -0.25) is 4.79 Å². The second-order valence-electron chi connectivity index (χ2n) is 7.46. The Morgan fingerprint density at radius 3 is 2.55 bits per heavy atom. The molecule has 1 saturated heterocycles. The van der Waals surface area contributed by atoms with Gasteiger partial charge in [0.25, 0.3) is 0 Å². The smallest absolute Gasteiger partial charge is 0.316 e. The number of nitrogens with zero attached hydrogens (tertiary/aromatic N) is 4. The summed E-state index contributed by atoms with van der Waals surface area (Å²) >= 11 is 0. The van der Waals surface area contributed by atoms with Crippen molar-refractivity contribution in [3.8, 4) is 6.01 Å². The van der Waals surface area contributed by atoms with E-state index in [0.717, 1.165) is 29.2 Å². The molecule has 152 valence electrons. The predicted molar refractivity (Wildman–Crippen MR) is 101 cm³/mol. The molecular weight excluding hydrogens is 399 g/mol. The van der Waals surface area contributed by atoms with E-state index in [9.17, 15) is 17.6 Å². The Bertz CT molecular complexity index is 1090. The minimum absolute atomic E-state index is 0.0300. The first kappa shape index (κ1) is 18.4. The van der Waals surface area contributed by atoms with E-state index in [1.807, 2.05) is 0 Å². The molecule has 3 aliphatic heterocycles. The van der Waals surface area contributed by atoms with Gasteiger partial charge in [0.1, 0.15) is 6.10 Å². The van der Waals surface area contributed by atoms with Crippen molar-refractivity contribution in [1.29, 1.82) is 0 Å². The van der Waals surface area contributed by atoms with Gasteiger partial charge in [-0.2, -0.15) is 4.31 Å². The van der Waals surface area contributed by atoms with Gasteiger partial charge in [0, 0.05) is 19.5 Å². The number of carbonyl (C=O) groups is 1. The van der Waals surface area contributed by atoms with Crippen LogP contribution in [0, 0.1) is 5.82 Å². The molecule has 29 heavy (non-hydrogen) atoms. The zero-order valence-electron chi connectivity index (χ0n) is 15.5.